The molecular weight excluding hydrogens is 372 g/mol. The van der Waals surface area contributed by atoms with Crippen LogP contribution in [0.4, 0.5) is 0 Å². The number of carbonyl (C=O) groups is 2. The van der Waals surface area contributed by atoms with Gasteiger partial charge in [-0.15, -0.1) is 0 Å². The van der Waals surface area contributed by atoms with E-state index in [0.29, 0.717) is 25.5 Å². The zero-order valence-corrected chi connectivity index (χ0v) is 16.6. The Bertz CT molecular complexity index is 623. The Morgan fingerprint density at radius 1 is 1.29 bits per heavy atom. The third-order valence-electron chi connectivity index (χ3n) is 5.28. The fourth-order valence-electron chi connectivity index (χ4n) is 3.96. The number of fused-ring (bicyclic) bond motifs is 1. The van der Waals surface area contributed by atoms with Crippen LogP contribution < -0.4 is 10.6 Å². The fraction of sp³-hybridized carbons (Fsp3) is 0.636. The number of rotatable bonds is 7. The molecule has 3 rings (SSSR count). The van der Waals surface area contributed by atoms with Gasteiger partial charge in [0.1, 0.15) is 11.6 Å². The lowest BCUT2D eigenvalue weighted by Crippen LogP contribution is -2.59. The molecule has 2 fully saturated rings. The first kappa shape index (κ1) is 26.6. The third-order valence-corrected chi connectivity index (χ3v) is 5.28. The van der Waals surface area contributed by atoms with E-state index in [-0.39, 0.29) is 46.1 Å². The van der Waals surface area contributed by atoms with Crippen LogP contribution in [0.1, 0.15) is 59.9 Å². The van der Waals surface area contributed by atoms with Crippen LogP contribution in [0.3, 0.4) is 0 Å². The van der Waals surface area contributed by atoms with Crippen LogP contribution in [0.5, 0.6) is 0 Å². The van der Waals surface area contributed by atoms with Gasteiger partial charge in [-0.3, -0.25) is 9.59 Å². The van der Waals surface area contributed by atoms with Gasteiger partial charge in [-0.1, -0.05) is 59.0 Å². The molecular formula is C22H38N2O3S. The monoisotopic (exact) mass is 410 g/mol. The first-order valence-electron chi connectivity index (χ1n) is 9.25. The first-order chi connectivity index (χ1) is 12.0. The molecule has 1 aromatic carbocycles. The Kier molecular flexibility index (Phi) is 11.0. The predicted molar refractivity (Wildman–Crippen MR) is 120 cm³/mol. The van der Waals surface area contributed by atoms with Gasteiger partial charge in [0.05, 0.1) is 13.2 Å². The summed E-state index contributed by atoms with van der Waals surface area (Å²) >= 11 is 0. The molecule has 0 radical (unpaired) electrons. The van der Waals surface area contributed by atoms with Crippen LogP contribution in [0.25, 0.3) is 0 Å². The number of ether oxygens (including phenoxy) is 1. The molecule has 2 N–H and O–H groups in total. The molecule has 6 heteroatoms. The molecule has 1 aliphatic carbocycles. The molecule has 5 nitrogen and oxygen atoms in total. The van der Waals surface area contributed by atoms with Crippen molar-refractivity contribution in [2.75, 3.05) is 6.54 Å². The highest BCUT2D eigenvalue weighted by atomic mass is 32.1. The number of ketones is 1. The van der Waals surface area contributed by atoms with Crippen molar-refractivity contribution in [3.63, 3.8) is 0 Å². The van der Waals surface area contributed by atoms with Crippen LogP contribution in [0, 0.1) is 5.92 Å². The Morgan fingerprint density at radius 2 is 1.96 bits per heavy atom. The van der Waals surface area contributed by atoms with Gasteiger partial charge < -0.3 is 15.4 Å². The Morgan fingerprint density at radius 3 is 2.61 bits per heavy atom. The lowest BCUT2D eigenvalue weighted by atomic mass is 9.91. The number of hydrogen-bond acceptors (Lipinski definition) is 4. The van der Waals surface area contributed by atoms with Crippen molar-refractivity contribution in [1.82, 2.24) is 10.6 Å². The van der Waals surface area contributed by atoms with Crippen LogP contribution in [0.2, 0.25) is 0 Å². The summed E-state index contributed by atoms with van der Waals surface area (Å²) in [6, 6.07) is 9.92. The fourth-order valence-corrected chi connectivity index (χ4v) is 3.96. The maximum Gasteiger partial charge on any atom is 0.250 e. The molecule has 2 aliphatic rings. The highest BCUT2D eigenvalue weighted by Gasteiger charge is 2.54. The average Bonchev–Trinajstić information content (AvgIpc) is 3.12. The minimum Gasteiger partial charge on any atom is -0.364 e. The average molecular weight is 411 g/mol. The quantitative estimate of drug-likeness (QED) is 0.721. The zero-order valence-electron chi connectivity index (χ0n) is 15.6. The molecule has 1 saturated heterocycles. The molecule has 1 amide bonds. The van der Waals surface area contributed by atoms with Crippen molar-refractivity contribution >= 4 is 25.2 Å². The van der Waals surface area contributed by atoms with Gasteiger partial charge in [0.25, 0.3) is 0 Å². The number of Topliss-reactive ketones (excluding diaryl/α,β-unsaturated/α-hetero) is 1. The van der Waals surface area contributed by atoms with E-state index in [9.17, 15) is 9.59 Å². The molecule has 1 aromatic rings. The number of nitrogens with one attached hydrogen (secondary N) is 2. The molecule has 0 unspecified atom stereocenters. The predicted octanol–water partition coefficient (Wildman–Crippen LogP) is 3.58. The Labute approximate surface area is 177 Å². The van der Waals surface area contributed by atoms with Crippen LogP contribution >= 0.6 is 13.5 Å². The van der Waals surface area contributed by atoms with E-state index in [1.165, 1.54) is 0 Å². The molecule has 1 saturated carbocycles. The van der Waals surface area contributed by atoms with Crippen molar-refractivity contribution in [2.45, 2.75) is 78.7 Å². The minimum absolute atomic E-state index is 0. The van der Waals surface area contributed by atoms with E-state index in [0.717, 1.165) is 24.8 Å². The first-order valence-corrected chi connectivity index (χ1v) is 9.25. The molecule has 1 heterocycles. The summed E-state index contributed by atoms with van der Waals surface area (Å²) in [7, 11) is 0. The molecule has 3 atom stereocenters. The highest BCUT2D eigenvalue weighted by Crippen LogP contribution is 2.34. The van der Waals surface area contributed by atoms with Gasteiger partial charge in [-0.2, -0.15) is 13.5 Å². The normalized spacial score (nSPS) is 23.8. The standard InChI is InChI=1S/C20H28N2O3.2CH4.H2S/c1-14(2)11-16(25-13-15-7-4-3-5-8-15)19(24)22-20-10-6-9-17(20)21-12-18(20)23;;;/h3-5,7-8,14,16-17,21H,6,9-13H2,1-2H3,(H,22,24);2*1H4;1H2/t16-,17+,20+;;;/m0.../s1. The maximum atomic E-state index is 12.9. The molecule has 160 valence electrons. The maximum absolute atomic E-state index is 12.9. The molecule has 0 bridgehead atoms. The van der Waals surface area contributed by atoms with Crippen molar-refractivity contribution in [3.05, 3.63) is 35.9 Å². The number of benzene rings is 1. The van der Waals surface area contributed by atoms with Gasteiger partial charge in [0, 0.05) is 6.04 Å². The van der Waals surface area contributed by atoms with Gasteiger partial charge in [0.15, 0.2) is 5.78 Å². The van der Waals surface area contributed by atoms with Gasteiger partial charge in [0.2, 0.25) is 5.91 Å². The van der Waals surface area contributed by atoms with Gasteiger partial charge in [-0.05, 0) is 37.2 Å². The van der Waals surface area contributed by atoms with Gasteiger partial charge in [-0.25, -0.2) is 0 Å². The number of hydrogen-bond donors (Lipinski definition) is 2. The van der Waals surface area contributed by atoms with Crippen LogP contribution in [-0.4, -0.2) is 35.9 Å². The topological polar surface area (TPSA) is 67.4 Å². The van der Waals surface area contributed by atoms with E-state index < -0.39 is 11.6 Å². The minimum atomic E-state index is -0.720. The summed E-state index contributed by atoms with van der Waals surface area (Å²) in [5.41, 5.74) is 0.321. The Balaban J connectivity index is 0.00000243. The second-order valence-electron chi connectivity index (χ2n) is 7.62. The van der Waals surface area contributed by atoms with E-state index in [1.54, 1.807) is 0 Å². The van der Waals surface area contributed by atoms with E-state index in [1.807, 2.05) is 30.3 Å². The lowest BCUT2D eigenvalue weighted by molar-refractivity contribution is -0.139. The van der Waals surface area contributed by atoms with Gasteiger partial charge >= 0.3 is 0 Å². The van der Waals surface area contributed by atoms with E-state index in [2.05, 4.69) is 24.5 Å². The summed E-state index contributed by atoms with van der Waals surface area (Å²) in [5.74, 6) is 0.282. The van der Waals surface area contributed by atoms with E-state index in [4.69, 9.17) is 4.74 Å². The van der Waals surface area contributed by atoms with Crippen molar-refractivity contribution < 1.29 is 14.3 Å². The third kappa shape index (κ3) is 5.82. The molecule has 0 spiro atoms. The van der Waals surface area contributed by atoms with Crippen molar-refractivity contribution in [1.29, 1.82) is 0 Å². The van der Waals surface area contributed by atoms with Crippen LogP contribution in [-0.2, 0) is 20.9 Å². The Hall–Kier alpha value is -1.37. The smallest absolute Gasteiger partial charge is 0.250 e. The zero-order chi connectivity index (χ0) is 17.9. The summed E-state index contributed by atoms with van der Waals surface area (Å²) in [6.45, 7) is 4.90. The molecule has 28 heavy (non-hydrogen) atoms. The summed E-state index contributed by atoms with van der Waals surface area (Å²) in [5, 5.41) is 6.32. The SMILES string of the molecule is C.C.CC(C)C[C@H](OCc1ccccc1)C(=O)N[C@]12CCC[C@H]1NCC2=O.S. The van der Waals surface area contributed by atoms with Crippen LogP contribution in [0.15, 0.2) is 30.3 Å². The molecule has 0 aromatic heterocycles. The summed E-state index contributed by atoms with van der Waals surface area (Å²) in [4.78, 5) is 25.3. The number of carbonyl (C=O) groups excluding carboxylic acids is 2. The largest absolute Gasteiger partial charge is 0.364 e. The molecule has 1 aliphatic heterocycles. The lowest BCUT2D eigenvalue weighted by Gasteiger charge is -2.31. The van der Waals surface area contributed by atoms with Crippen molar-refractivity contribution in [3.8, 4) is 0 Å². The second-order valence-corrected chi connectivity index (χ2v) is 7.62. The summed E-state index contributed by atoms with van der Waals surface area (Å²) < 4.78 is 5.95. The van der Waals surface area contributed by atoms with E-state index >= 15 is 0 Å². The summed E-state index contributed by atoms with van der Waals surface area (Å²) in [6.07, 6.45) is 2.72. The highest BCUT2D eigenvalue weighted by molar-refractivity contribution is 7.59. The second kappa shape index (κ2) is 11.6. The number of amides is 1. The van der Waals surface area contributed by atoms with Crippen molar-refractivity contribution in [2.24, 2.45) is 5.92 Å².